The van der Waals surface area contributed by atoms with Crippen LogP contribution in [0.2, 0.25) is 4.34 Å². The van der Waals surface area contributed by atoms with Crippen molar-refractivity contribution in [2.24, 2.45) is 0 Å². The van der Waals surface area contributed by atoms with Gasteiger partial charge in [-0.15, -0.1) is 21.5 Å². The van der Waals surface area contributed by atoms with Crippen molar-refractivity contribution >= 4 is 34.8 Å². The number of thiophene rings is 1. The Morgan fingerprint density at radius 1 is 1.17 bits per heavy atom. The van der Waals surface area contributed by atoms with Gasteiger partial charge in [-0.2, -0.15) is 0 Å². The first-order valence-corrected chi connectivity index (χ1v) is 10.1. The number of nitrogens with zero attached hydrogens (tertiary/aromatic N) is 3. The molecular weight excluding hydrogens is 414 g/mol. The van der Waals surface area contributed by atoms with Crippen molar-refractivity contribution in [2.75, 3.05) is 13.7 Å². The van der Waals surface area contributed by atoms with E-state index in [0.717, 1.165) is 16.0 Å². The highest BCUT2D eigenvalue weighted by molar-refractivity contribution is 7.16. The summed E-state index contributed by atoms with van der Waals surface area (Å²) in [5.74, 6) is -0.0438. The van der Waals surface area contributed by atoms with E-state index in [-0.39, 0.29) is 25.4 Å². The lowest BCUT2D eigenvalue weighted by molar-refractivity contribution is -0.151. The van der Waals surface area contributed by atoms with Crippen molar-refractivity contribution in [3.05, 3.63) is 57.1 Å². The molecule has 2 aromatic heterocycles. The Kier molecular flexibility index (Phi) is 7.00. The summed E-state index contributed by atoms with van der Waals surface area (Å²) < 4.78 is 11.3. The molecule has 0 bridgehead atoms. The Labute approximate surface area is 177 Å². The minimum Gasteiger partial charge on any atom is -0.456 e. The van der Waals surface area contributed by atoms with Gasteiger partial charge in [0.1, 0.15) is 0 Å². The molecule has 0 saturated heterocycles. The predicted molar refractivity (Wildman–Crippen MR) is 110 cm³/mol. The Morgan fingerprint density at radius 2 is 1.93 bits per heavy atom. The molecule has 3 rings (SSSR count). The molecule has 2 heterocycles. The molecule has 3 aromatic rings. The van der Waals surface area contributed by atoms with Gasteiger partial charge in [0.05, 0.1) is 17.3 Å². The lowest BCUT2D eigenvalue weighted by atomic mass is 10.1. The number of aromatic nitrogens is 2. The maximum atomic E-state index is 12.1. The van der Waals surface area contributed by atoms with Gasteiger partial charge < -0.3 is 14.1 Å². The van der Waals surface area contributed by atoms with E-state index < -0.39 is 5.97 Å². The number of esters is 1. The lowest BCUT2D eigenvalue weighted by Crippen LogP contribution is -2.30. The van der Waals surface area contributed by atoms with E-state index in [9.17, 15) is 9.59 Å². The second kappa shape index (κ2) is 9.67. The number of carbonyl (C=O) groups is 2. The quantitative estimate of drug-likeness (QED) is 0.501. The molecule has 0 saturated carbocycles. The number of hydrogen-bond donors (Lipinski definition) is 0. The molecule has 9 heteroatoms. The van der Waals surface area contributed by atoms with Gasteiger partial charge in [-0.3, -0.25) is 9.59 Å². The van der Waals surface area contributed by atoms with Crippen LogP contribution in [0.3, 0.4) is 0 Å². The van der Waals surface area contributed by atoms with Gasteiger partial charge in [0.2, 0.25) is 11.8 Å². The first kappa shape index (κ1) is 21.0. The molecule has 0 unspecified atom stereocenters. The number of benzene rings is 1. The Balaban J connectivity index is 1.41. The molecule has 0 radical (unpaired) electrons. The van der Waals surface area contributed by atoms with Gasteiger partial charge in [-0.25, -0.2) is 0 Å². The van der Waals surface area contributed by atoms with Gasteiger partial charge in [-0.05, 0) is 31.2 Å². The predicted octanol–water partition coefficient (Wildman–Crippen LogP) is 3.89. The summed E-state index contributed by atoms with van der Waals surface area (Å²) in [6.07, 6.45) is 0.294. The van der Waals surface area contributed by atoms with E-state index in [1.54, 1.807) is 13.1 Å². The van der Waals surface area contributed by atoms with Crippen molar-refractivity contribution in [1.82, 2.24) is 15.1 Å². The molecule has 0 aliphatic carbocycles. The fraction of sp³-hybridized carbons (Fsp3) is 0.300. The minimum absolute atomic E-state index is 0.0487. The van der Waals surface area contributed by atoms with E-state index >= 15 is 0 Å². The van der Waals surface area contributed by atoms with Crippen LogP contribution in [0.15, 0.2) is 40.8 Å². The monoisotopic (exact) mass is 433 g/mol. The minimum atomic E-state index is -0.499. The van der Waals surface area contributed by atoms with Gasteiger partial charge in [-0.1, -0.05) is 29.3 Å². The molecule has 0 aliphatic rings. The Bertz CT molecular complexity index is 984. The van der Waals surface area contributed by atoms with E-state index in [0.29, 0.717) is 22.7 Å². The SMILES string of the molecule is Cc1ccc(-c2nnc(CCC(=O)OCC(=O)N(C)Cc3ccc(Cl)s3)o2)cc1. The Morgan fingerprint density at radius 3 is 2.62 bits per heavy atom. The lowest BCUT2D eigenvalue weighted by Gasteiger charge is -2.16. The number of aryl methyl sites for hydroxylation is 2. The number of carbonyl (C=O) groups excluding carboxylic acids is 2. The van der Waals surface area contributed by atoms with Crippen LogP contribution >= 0.6 is 22.9 Å². The summed E-state index contributed by atoms with van der Waals surface area (Å²) in [5.41, 5.74) is 1.95. The summed E-state index contributed by atoms with van der Waals surface area (Å²) >= 11 is 7.29. The molecule has 0 atom stereocenters. The smallest absolute Gasteiger partial charge is 0.306 e. The number of ether oxygens (including phenoxy) is 1. The highest BCUT2D eigenvalue weighted by Gasteiger charge is 2.15. The molecule has 29 heavy (non-hydrogen) atoms. The van der Waals surface area contributed by atoms with E-state index in [4.69, 9.17) is 20.8 Å². The highest BCUT2D eigenvalue weighted by atomic mass is 35.5. The maximum absolute atomic E-state index is 12.1. The van der Waals surface area contributed by atoms with Crippen LogP contribution in [0, 0.1) is 6.92 Å². The summed E-state index contributed by atoms with van der Waals surface area (Å²) in [6.45, 7) is 2.10. The van der Waals surface area contributed by atoms with Crippen molar-refractivity contribution < 1.29 is 18.7 Å². The zero-order valence-electron chi connectivity index (χ0n) is 16.1. The Hall–Kier alpha value is -2.71. The summed E-state index contributed by atoms with van der Waals surface area (Å²) in [7, 11) is 1.65. The first-order chi connectivity index (χ1) is 13.9. The second-order valence-electron chi connectivity index (χ2n) is 6.48. The fourth-order valence-electron chi connectivity index (χ4n) is 2.46. The van der Waals surface area contributed by atoms with Crippen LogP contribution in [-0.4, -0.2) is 40.6 Å². The van der Waals surface area contributed by atoms with Crippen LogP contribution < -0.4 is 0 Å². The van der Waals surface area contributed by atoms with Crippen LogP contribution in [0.5, 0.6) is 0 Å². The topological polar surface area (TPSA) is 85.5 Å². The zero-order valence-corrected chi connectivity index (χ0v) is 17.6. The standard InChI is InChI=1S/C20H20ClN3O4S/c1-13-3-5-14(6-4-13)20-23-22-17(28-20)9-10-19(26)27-12-18(25)24(2)11-15-7-8-16(21)29-15/h3-8H,9-12H2,1-2H3. The summed E-state index contributed by atoms with van der Waals surface area (Å²) in [5, 5.41) is 7.95. The number of halogens is 1. The van der Waals surface area contributed by atoms with Crippen molar-refractivity contribution in [3.63, 3.8) is 0 Å². The van der Waals surface area contributed by atoms with Gasteiger partial charge in [0.25, 0.3) is 5.91 Å². The summed E-state index contributed by atoms with van der Waals surface area (Å²) in [4.78, 5) is 26.5. The highest BCUT2D eigenvalue weighted by Crippen LogP contribution is 2.22. The molecule has 1 aromatic carbocycles. The van der Waals surface area contributed by atoms with Crippen LogP contribution in [0.1, 0.15) is 22.8 Å². The zero-order chi connectivity index (χ0) is 20.8. The molecule has 1 amide bonds. The van der Waals surface area contributed by atoms with Crippen molar-refractivity contribution in [3.8, 4) is 11.5 Å². The van der Waals surface area contributed by atoms with E-state index in [2.05, 4.69) is 10.2 Å². The average molecular weight is 434 g/mol. The molecule has 0 spiro atoms. The molecule has 0 fully saturated rings. The third-order valence-electron chi connectivity index (χ3n) is 4.11. The maximum Gasteiger partial charge on any atom is 0.306 e. The number of likely N-dealkylation sites (N-methyl/N-ethyl adjacent to an activating group) is 1. The molecule has 0 N–H and O–H groups in total. The van der Waals surface area contributed by atoms with Gasteiger partial charge in [0, 0.05) is 23.9 Å². The van der Waals surface area contributed by atoms with Crippen LogP contribution in [-0.2, 0) is 27.3 Å². The average Bonchev–Trinajstić information content (AvgIpc) is 3.34. The van der Waals surface area contributed by atoms with Crippen LogP contribution in [0.4, 0.5) is 0 Å². The number of rotatable bonds is 8. The third kappa shape index (κ3) is 6.13. The van der Waals surface area contributed by atoms with E-state index in [1.165, 1.54) is 16.2 Å². The van der Waals surface area contributed by atoms with Gasteiger partial charge in [0.15, 0.2) is 6.61 Å². The normalized spacial score (nSPS) is 10.7. The molecular formula is C20H20ClN3O4S. The molecule has 7 nitrogen and oxygen atoms in total. The van der Waals surface area contributed by atoms with Crippen molar-refractivity contribution in [1.29, 1.82) is 0 Å². The first-order valence-electron chi connectivity index (χ1n) is 8.94. The van der Waals surface area contributed by atoms with Gasteiger partial charge >= 0.3 is 5.97 Å². The summed E-state index contributed by atoms with van der Waals surface area (Å²) in [6, 6.07) is 11.3. The molecule has 152 valence electrons. The van der Waals surface area contributed by atoms with Crippen LogP contribution in [0.25, 0.3) is 11.5 Å². The number of amides is 1. The third-order valence-corrected chi connectivity index (χ3v) is 5.33. The largest absolute Gasteiger partial charge is 0.456 e. The van der Waals surface area contributed by atoms with E-state index in [1.807, 2.05) is 37.3 Å². The molecule has 0 aliphatic heterocycles. The van der Waals surface area contributed by atoms with Crippen molar-refractivity contribution in [2.45, 2.75) is 26.3 Å². The fourth-order valence-corrected chi connectivity index (χ4v) is 3.60. The number of hydrogen-bond acceptors (Lipinski definition) is 7. The second-order valence-corrected chi connectivity index (χ2v) is 8.28.